The molecule has 2 amide bonds. The average molecular weight is 399 g/mol. The molecule has 2 rings (SSSR count). The summed E-state index contributed by atoms with van der Waals surface area (Å²) in [7, 11) is 1.87. The quantitative estimate of drug-likeness (QED) is 0.626. The zero-order valence-corrected chi connectivity index (χ0v) is 16.4. The topological polar surface area (TPSA) is 83.1 Å². The second-order valence-corrected chi connectivity index (χ2v) is 5.40. The predicted molar refractivity (Wildman–Crippen MR) is 109 cm³/mol. The normalized spacial score (nSPS) is 9.46. The third-order valence-electron chi connectivity index (χ3n) is 3.59. The molecule has 1 heterocycles. The van der Waals surface area contributed by atoms with Crippen LogP contribution in [0.2, 0.25) is 0 Å². The number of amides is 2. The fourth-order valence-electron chi connectivity index (χ4n) is 2.27. The van der Waals surface area contributed by atoms with Crippen molar-refractivity contribution in [1.29, 1.82) is 0 Å². The van der Waals surface area contributed by atoms with Crippen molar-refractivity contribution in [2.45, 2.75) is 13.3 Å². The van der Waals surface area contributed by atoms with E-state index in [4.69, 9.17) is 0 Å². The molecule has 0 fully saturated rings. The summed E-state index contributed by atoms with van der Waals surface area (Å²) < 4.78 is 0. The van der Waals surface area contributed by atoms with Gasteiger partial charge in [0.1, 0.15) is 0 Å². The van der Waals surface area contributed by atoms with Crippen LogP contribution in [0.5, 0.6) is 0 Å². The molecule has 0 unspecified atom stereocenters. The van der Waals surface area contributed by atoms with Crippen LogP contribution >= 0.6 is 24.8 Å². The fourth-order valence-corrected chi connectivity index (χ4v) is 2.27. The average Bonchev–Trinajstić information content (AvgIpc) is 2.61. The minimum absolute atomic E-state index is 0. The first-order valence-electron chi connectivity index (χ1n) is 7.87. The Bertz CT molecular complexity index is 712. The van der Waals surface area contributed by atoms with Gasteiger partial charge in [0.15, 0.2) is 0 Å². The van der Waals surface area contributed by atoms with Crippen LogP contribution in [0.3, 0.4) is 0 Å². The Labute approximate surface area is 166 Å². The van der Waals surface area contributed by atoms with Crippen molar-refractivity contribution in [3.63, 3.8) is 0 Å². The molecule has 0 bridgehead atoms. The molecular weight excluding hydrogens is 375 g/mol. The molecule has 1 aromatic carbocycles. The van der Waals surface area contributed by atoms with Gasteiger partial charge in [0.05, 0.1) is 11.3 Å². The van der Waals surface area contributed by atoms with Crippen LogP contribution in [-0.2, 0) is 0 Å². The molecular formula is C18H24Cl2N4O2. The van der Waals surface area contributed by atoms with Crippen molar-refractivity contribution >= 4 is 42.3 Å². The number of hydrogen-bond donors (Lipinski definition) is 3. The number of hydrogen-bond acceptors (Lipinski definition) is 4. The summed E-state index contributed by atoms with van der Waals surface area (Å²) in [6, 6.07) is 8.64. The zero-order valence-electron chi connectivity index (χ0n) is 14.7. The molecule has 0 aliphatic carbocycles. The van der Waals surface area contributed by atoms with E-state index in [-0.39, 0.29) is 36.6 Å². The number of aromatic nitrogens is 1. The second-order valence-electron chi connectivity index (χ2n) is 5.40. The van der Waals surface area contributed by atoms with Crippen molar-refractivity contribution in [2.75, 3.05) is 25.5 Å². The Morgan fingerprint density at radius 1 is 1.00 bits per heavy atom. The molecule has 0 saturated heterocycles. The van der Waals surface area contributed by atoms with Crippen molar-refractivity contribution in [3.8, 4) is 0 Å². The number of halogens is 2. The van der Waals surface area contributed by atoms with Gasteiger partial charge in [-0.05, 0) is 50.7 Å². The molecule has 0 aliphatic heterocycles. The Balaban J connectivity index is 0.00000312. The number of carbonyl (C=O) groups is 2. The third-order valence-corrected chi connectivity index (χ3v) is 3.59. The van der Waals surface area contributed by atoms with E-state index < -0.39 is 0 Å². The van der Waals surface area contributed by atoms with E-state index in [1.54, 1.807) is 36.7 Å². The van der Waals surface area contributed by atoms with Crippen molar-refractivity contribution < 1.29 is 9.59 Å². The molecule has 0 aliphatic rings. The van der Waals surface area contributed by atoms with Crippen molar-refractivity contribution in [3.05, 3.63) is 59.4 Å². The SMILES string of the molecule is CNCCCNC(=O)c1cccc(C)c1NC(=O)c1ccncc1.Cl.Cl. The molecule has 0 spiro atoms. The number of pyridine rings is 1. The van der Waals surface area contributed by atoms with Crippen LogP contribution in [-0.4, -0.2) is 36.9 Å². The van der Waals surface area contributed by atoms with Gasteiger partial charge in [-0.3, -0.25) is 14.6 Å². The van der Waals surface area contributed by atoms with E-state index in [1.807, 2.05) is 20.0 Å². The first kappa shape index (κ1) is 23.9. The van der Waals surface area contributed by atoms with E-state index in [0.29, 0.717) is 23.4 Å². The van der Waals surface area contributed by atoms with Gasteiger partial charge in [-0.15, -0.1) is 24.8 Å². The number of carbonyl (C=O) groups excluding carboxylic acids is 2. The van der Waals surface area contributed by atoms with Crippen molar-refractivity contribution in [1.82, 2.24) is 15.6 Å². The second kappa shape index (κ2) is 12.2. The molecule has 1 aromatic heterocycles. The Morgan fingerprint density at radius 2 is 1.69 bits per heavy atom. The summed E-state index contributed by atoms with van der Waals surface area (Å²) in [5, 5.41) is 8.74. The number of nitrogens with one attached hydrogen (secondary N) is 3. The summed E-state index contributed by atoms with van der Waals surface area (Å²) in [5.74, 6) is -0.462. The summed E-state index contributed by atoms with van der Waals surface area (Å²) in [4.78, 5) is 28.7. The molecule has 142 valence electrons. The molecule has 26 heavy (non-hydrogen) atoms. The zero-order chi connectivity index (χ0) is 17.4. The molecule has 3 N–H and O–H groups in total. The van der Waals surface area contributed by atoms with Gasteiger partial charge < -0.3 is 16.0 Å². The first-order chi connectivity index (χ1) is 11.6. The minimum atomic E-state index is -0.268. The largest absolute Gasteiger partial charge is 0.352 e. The number of para-hydroxylation sites is 1. The van der Waals surface area contributed by atoms with Gasteiger partial charge >= 0.3 is 0 Å². The third kappa shape index (κ3) is 6.63. The lowest BCUT2D eigenvalue weighted by atomic mass is 10.1. The maximum Gasteiger partial charge on any atom is 0.255 e. The highest BCUT2D eigenvalue weighted by molar-refractivity contribution is 6.09. The fraction of sp³-hybridized carbons (Fsp3) is 0.278. The minimum Gasteiger partial charge on any atom is -0.352 e. The van der Waals surface area contributed by atoms with Gasteiger partial charge in [0, 0.05) is 24.5 Å². The van der Waals surface area contributed by atoms with Crippen LogP contribution in [0.4, 0.5) is 5.69 Å². The lowest BCUT2D eigenvalue weighted by molar-refractivity contribution is 0.0954. The number of rotatable bonds is 7. The number of benzene rings is 1. The summed E-state index contributed by atoms with van der Waals surface area (Å²) >= 11 is 0. The lowest BCUT2D eigenvalue weighted by Crippen LogP contribution is -2.28. The van der Waals surface area contributed by atoms with E-state index in [1.165, 1.54) is 0 Å². The van der Waals surface area contributed by atoms with Gasteiger partial charge in [0.2, 0.25) is 0 Å². The first-order valence-corrected chi connectivity index (χ1v) is 7.87. The van der Waals surface area contributed by atoms with Gasteiger partial charge in [-0.1, -0.05) is 12.1 Å². The highest BCUT2D eigenvalue weighted by Gasteiger charge is 2.16. The summed E-state index contributed by atoms with van der Waals surface area (Å²) in [5.41, 5.74) is 2.32. The van der Waals surface area contributed by atoms with Gasteiger partial charge in [-0.2, -0.15) is 0 Å². The van der Waals surface area contributed by atoms with Gasteiger partial charge in [0.25, 0.3) is 11.8 Å². The maximum absolute atomic E-state index is 12.4. The van der Waals surface area contributed by atoms with Crippen LogP contribution in [0, 0.1) is 6.92 Å². The molecule has 8 heteroatoms. The van der Waals surface area contributed by atoms with E-state index in [2.05, 4.69) is 20.9 Å². The summed E-state index contributed by atoms with van der Waals surface area (Å²) in [6.07, 6.45) is 3.96. The Hall–Kier alpha value is -2.15. The Morgan fingerprint density at radius 3 is 2.35 bits per heavy atom. The lowest BCUT2D eigenvalue weighted by Gasteiger charge is -2.14. The number of anilines is 1. The number of aryl methyl sites for hydroxylation is 1. The summed E-state index contributed by atoms with van der Waals surface area (Å²) in [6.45, 7) is 3.27. The van der Waals surface area contributed by atoms with Crippen molar-refractivity contribution in [2.24, 2.45) is 0 Å². The Kier molecular flexibility index (Phi) is 11.2. The highest BCUT2D eigenvalue weighted by atomic mass is 35.5. The van der Waals surface area contributed by atoms with E-state index in [0.717, 1.165) is 18.5 Å². The van der Waals surface area contributed by atoms with Crippen LogP contribution in [0.25, 0.3) is 0 Å². The molecule has 0 saturated carbocycles. The maximum atomic E-state index is 12.4. The van der Waals surface area contributed by atoms with Crippen LogP contribution in [0.1, 0.15) is 32.7 Å². The van der Waals surface area contributed by atoms with Gasteiger partial charge in [-0.25, -0.2) is 0 Å². The molecule has 0 atom stereocenters. The number of nitrogens with zero attached hydrogens (tertiary/aromatic N) is 1. The van der Waals surface area contributed by atoms with E-state index in [9.17, 15) is 9.59 Å². The standard InChI is InChI=1S/C18H22N4O2.2ClH/c1-13-5-3-6-15(18(24)21-10-4-9-19-2)16(13)22-17(23)14-7-11-20-12-8-14;;/h3,5-8,11-12,19H,4,9-10H2,1-2H3,(H,21,24)(H,22,23);2*1H. The highest BCUT2D eigenvalue weighted by Crippen LogP contribution is 2.21. The predicted octanol–water partition coefficient (Wildman–Crippen LogP) is 2.83. The smallest absolute Gasteiger partial charge is 0.255 e. The van der Waals surface area contributed by atoms with E-state index >= 15 is 0 Å². The molecule has 2 aromatic rings. The monoisotopic (exact) mass is 398 g/mol. The molecule has 0 radical (unpaired) electrons. The van der Waals surface area contributed by atoms with Crippen LogP contribution in [0.15, 0.2) is 42.7 Å². The molecule has 6 nitrogen and oxygen atoms in total. The van der Waals surface area contributed by atoms with Crippen LogP contribution < -0.4 is 16.0 Å².